The number of nitrogens with two attached hydrogens (primary N) is 1. The van der Waals surface area contributed by atoms with Crippen molar-refractivity contribution in [3.63, 3.8) is 0 Å². The number of hydrogen-bond donors (Lipinski definition) is 1. The molecular formula is C10H13BrN2O2. The minimum atomic E-state index is -0.401. The molecule has 1 aromatic rings. The van der Waals surface area contributed by atoms with Crippen LogP contribution in [0.2, 0.25) is 0 Å². The highest BCUT2D eigenvalue weighted by atomic mass is 79.9. The number of nitro benzene ring substituents is 1. The molecule has 0 aliphatic carbocycles. The first-order valence-electron chi connectivity index (χ1n) is 4.70. The SMILES string of the molecule is CC(CCN)c1ccc([N+](=O)[O-])cc1Br. The largest absolute Gasteiger partial charge is 0.330 e. The van der Waals surface area contributed by atoms with Crippen LogP contribution >= 0.6 is 15.9 Å². The van der Waals surface area contributed by atoms with Crippen molar-refractivity contribution in [3.8, 4) is 0 Å². The molecule has 4 nitrogen and oxygen atoms in total. The van der Waals surface area contributed by atoms with Crippen LogP contribution < -0.4 is 5.73 Å². The number of nitro groups is 1. The van der Waals surface area contributed by atoms with Gasteiger partial charge in [0.05, 0.1) is 4.92 Å². The Morgan fingerprint density at radius 3 is 2.73 bits per heavy atom. The molecule has 0 aliphatic rings. The lowest BCUT2D eigenvalue weighted by atomic mass is 9.98. The van der Waals surface area contributed by atoms with Gasteiger partial charge in [-0.1, -0.05) is 28.9 Å². The van der Waals surface area contributed by atoms with E-state index in [1.165, 1.54) is 12.1 Å². The maximum atomic E-state index is 10.5. The first-order valence-corrected chi connectivity index (χ1v) is 5.49. The molecule has 0 radical (unpaired) electrons. The molecule has 5 heteroatoms. The maximum Gasteiger partial charge on any atom is 0.270 e. The van der Waals surface area contributed by atoms with Crippen LogP contribution in [0, 0.1) is 10.1 Å². The average Bonchev–Trinajstić information content (AvgIpc) is 2.17. The number of hydrogen-bond acceptors (Lipinski definition) is 3. The minimum Gasteiger partial charge on any atom is -0.330 e. The van der Waals surface area contributed by atoms with Gasteiger partial charge in [0.15, 0.2) is 0 Å². The zero-order valence-electron chi connectivity index (χ0n) is 8.44. The van der Waals surface area contributed by atoms with Crippen LogP contribution in [0.1, 0.15) is 24.8 Å². The average molecular weight is 273 g/mol. The topological polar surface area (TPSA) is 69.2 Å². The lowest BCUT2D eigenvalue weighted by Gasteiger charge is -2.12. The second kappa shape index (κ2) is 5.23. The molecule has 1 rings (SSSR count). The summed E-state index contributed by atoms with van der Waals surface area (Å²) in [5.74, 6) is 0.310. The Balaban J connectivity index is 2.97. The third-order valence-electron chi connectivity index (χ3n) is 2.33. The van der Waals surface area contributed by atoms with Crippen LogP contribution in [-0.2, 0) is 0 Å². The molecule has 0 spiro atoms. The number of nitrogens with zero attached hydrogens (tertiary/aromatic N) is 1. The molecular weight excluding hydrogens is 260 g/mol. The monoisotopic (exact) mass is 272 g/mol. The molecule has 1 aromatic carbocycles. The van der Waals surface area contributed by atoms with Crippen molar-refractivity contribution >= 4 is 21.6 Å². The summed E-state index contributed by atoms with van der Waals surface area (Å²) in [7, 11) is 0. The van der Waals surface area contributed by atoms with Crippen LogP contribution in [0.5, 0.6) is 0 Å². The van der Waals surface area contributed by atoms with Crippen LogP contribution in [0.15, 0.2) is 22.7 Å². The van der Waals surface area contributed by atoms with E-state index in [9.17, 15) is 10.1 Å². The normalized spacial score (nSPS) is 12.5. The fourth-order valence-corrected chi connectivity index (χ4v) is 2.19. The van der Waals surface area contributed by atoms with Gasteiger partial charge in [-0.05, 0) is 24.4 Å². The quantitative estimate of drug-likeness (QED) is 0.677. The van der Waals surface area contributed by atoms with E-state index in [0.29, 0.717) is 12.5 Å². The molecule has 1 unspecified atom stereocenters. The van der Waals surface area contributed by atoms with Gasteiger partial charge in [0, 0.05) is 16.6 Å². The molecule has 2 N–H and O–H groups in total. The summed E-state index contributed by atoms with van der Waals surface area (Å²) >= 11 is 3.34. The summed E-state index contributed by atoms with van der Waals surface area (Å²) in [6.07, 6.45) is 0.871. The summed E-state index contributed by atoms with van der Waals surface area (Å²) in [4.78, 5) is 10.1. The van der Waals surface area contributed by atoms with Crippen molar-refractivity contribution in [1.82, 2.24) is 0 Å². The molecule has 15 heavy (non-hydrogen) atoms. The summed E-state index contributed by atoms with van der Waals surface area (Å²) in [6, 6.07) is 4.83. The Hall–Kier alpha value is -0.940. The molecule has 82 valence electrons. The lowest BCUT2D eigenvalue weighted by Crippen LogP contribution is -2.05. The van der Waals surface area contributed by atoms with Crippen molar-refractivity contribution in [3.05, 3.63) is 38.3 Å². The fourth-order valence-electron chi connectivity index (χ4n) is 1.43. The Bertz CT molecular complexity index is 368. The molecule has 0 aromatic heterocycles. The van der Waals surface area contributed by atoms with Crippen LogP contribution in [0.3, 0.4) is 0 Å². The molecule has 0 amide bonds. The molecule has 0 saturated carbocycles. The molecule has 0 aliphatic heterocycles. The zero-order chi connectivity index (χ0) is 11.4. The second-order valence-corrected chi connectivity index (χ2v) is 4.30. The Morgan fingerprint density at radius 2 is 2.27 bits per heavy atom. The highest BCUT2D eigenvalue weighted by Crippen LogP contribution is 2.29. The Labute approximate surface area is 96.8 Å². The number of rotatable bonds is 4. The molecule has 1 atom stereocenters. The highest BCUT2D eigenvalue weighted by molar-refractivity contribution is 9.10. The van der Waals surface area contributed by atoms with Crippen LogP contribution in [0.25, 0.3) is 0 Å². The Kier molecular flexibility index (Phi) is 4.23. The van der Waals surface area contributed by atoms with Crippen molar-refractivity contribution in [2.75, 3.05) is 6.54 Å². The van der Waals surface area contributed by atoms with Crippen molar-refractivity contribution in [2.24, 2.45) is 5.73 Å². The molecule has 0 heterocycles. The summed E-state index contributed by atoms with van der Waals surface area (Å²) in [5, 5.41) is 10.5. The van der Waals surface area contributed by atoms with E-state index in [1.807, 2.05) is 0 Å². The van der Waals surface area contributed by atoms with Crippen LogP contribution in [0.4, 0.5) is 5.69 Å². The van der Waals surface area contributed by atoms with E-state index >= 15 is 0 Å². The minimum absolute atomic E-state index is 0.102. The van der Waals surface area contributed by atoms with Crippen molar-refractivity contribution in [2.45, 2.75) is 19.3 Å². The van der Waals surface area contributed by atoms with Gasteiger partial charge in [-0.25, -0.2) is 0 Å². The number of halogens is 1. The summed E-state index contributed by atoms with van der Waals surface area (Å²) in [5.41, 5.74) is 6.63. The van der Waals surface area contributed by atoms with Crippen LogP contribution in [-0.4, -0.2) is 11.5 Å². The van der Waals surface area contributed by atoms with Gasteiger partial charge in [-0.2, -0.15) is 0 Å². The second-order valence-electron chi connectivity index (χ2n) is 3.44. The highest BCUT2D eigenvalue weighted by Gasteiger charge is 2.13. The zero-order valence-corrected chi connectivity index (χ0v) is 10.0. The van der Waals surface area contributed by atoms with E-state index in [4.69, 9.17) is 5.73 Å². The molecule has 0 saturated heterocycles. The number of non-ortho nitro benzene ring substituents is 1. The van der Waals surface area contributed by atoms with Crippen molar-refractivity contribution < 1.29 is 4.92 Å². The third-order valence-corrected chi connectivity index (χ3v) is 3.01. The summed E-state index contributed by atoms with van der Waals surface area (Å²) in [6.45, 7) is 2.67. The first-order chi connectivity index (χ1) is 7.06. The standard InChI is InChI=1S/C10H13BrN2O2/c1-7(4-5-12)9-3-2-8(13(14)15)6-10(9)11/h2-3,6-7H,4-5,12H2,1H3. The first kappa shape index (κ1) is 12.1. The fraction of sp³-hybridized carbons (Fsp3) is 0.400. The van der Waals surface area contributed by atoms with E-state index < -0.39 is 4.92 Å². The molecule has 0 bridgehead atoms. The molecule has 0 fully saturated rings. The van der Waals surface area contributed by atoms with E-state index in [-0.39, 0.29) is 5.69 Å². The van der Waals surface area contributed by atoms with Gasteiger partial charge in [0.25, 0.3) is 5.69 Å². The van der Waals surface area contributed by atoms with Crippen molar-refractivity contribution in [1.29, 1.82) is 0 Å². The van der Waals surface area contributed by atoms with Gasteiger partial charge >= 0.3 is 0 Å². The number of benzene rings is 1. The smallest absolute Gasteiger partial charge is 0.270 e. The van der Waals surface area contributed by atoms with Gasteiger partial charge < -0.3 is 5.73 Å². The van der Waals surface area contributed by atoms with Gasteiger partial charge in [-0.15, -0.1) is 0 Å². The van der Waals surface area contributed by atoms with Gasteiger partial charge in [0.1, 0.15) is 0 Å². The maximum absolute atomic E-state index is 10.5. The third kappa shape index (κ3) is 3.00. The van der Waals surface area contributed by atoms with Gasteiger partial charge in [0.2, 0.25) is 0 Å². The van der Waals surface area contributed by atoms with E-state index in [2.05, 4.69) is 22.9 Å². The predicted octanol–water partition coefficient (Wildman–Crippen LogP) is 2.81. The Morgan fingerprint density at radius 1 is 1.60 bits per heavy atom. The lowest BCUT2D eigenvalue weighted by molar-refractivity contribution is -0.384. The predicted molar refractivity (Wildman–Crippen MR) is 62.9 cm³/mol. The summed E-state index contributed by atoms with van der Waals surface area (Å²) < 4.78 is 0.776. The van der Waals surface area contributed by atoms with E-state index in [1.54, 1.807) is 6.07 Å². The van der Waals surface area contributed by atoms with Gasteiger partial charge in [-0.3, -0.25) is 10.1 Å². The van der Waals surface area contributed by atoms with E-state index in [0.717, 1.165) is 16.5 Å².